The minimum Gasteiger partial charge on any atom is -0.465 e. The molecule has 1 aliphatic heterocycles. The SMILES string of the molecule is CC[C@@H]1COC(=O)[C@H]1C. The fourth-order valence-corrected chi connectivity index (χ4v) is 1.13. The van der Waals surface area contributed by atoms with E-state index >= 15 is 0 Å². The van der Waals surface area contributed by atoms with Gasteiger partial charge in [0.15, 0.2) is 0 Å². The molecule has 52 valence electrons. The molecule has 0 saturated carbocycles. The molecule has 0 aromatic heterocycles. The third kappa shape index (κ3) is 1.07. The Labute approximate surface area is 55.2 Å². The largest absolute Gasteiger partial charge is 0.465 e. The van der Waals surface area contributed by atoms with E-state index < -0.39 is 0 Å². The molecule has 0 amide bonds. The van der Waals surface area contributed by atoms with E-state index in [4.69, 9.17) is 4.74 Å². The number of carbonyl (C=O) groups excluding carboxylic acids is 1. The molecule has 0 unspecified atom stereocenters. The minimum absolute atomic E-state index is 0.0261. The van der Waals surface area contributed by atoms with Crippen LogP contribution in [0.4, 0.5) is 0 Å². The summed E-state index contributed by atoms with van der Waals surface area (Å²) in [6, 6.07) is 0. The maximum Gasteiger partial charge on any atom is 0.309 e. The van der Waals surface area contributed by atoms with Crippen molar-refractivity contribution < 1.29 is 9.53 Å². The molecule has 2 nitrogen and oxygen atoms in total. The van der Waals surface area contributed by atoms with E-state index in [1.165, 1.54) is 0 Å². The molecule has 0 radical (unpaired) electrons. The van der Waals surface area contributed by atoms with Crippen LogP contribution in [0.2, 0.25) is 0 Å². The molecule has 0 spiro atoms. The van der Waals surface area contributed by atoms with Crippen molar-refractivity contribution >= 4 is 5.97 Å². The highest BCUT2D eigenvalue weighted by Crippen LogP contribution is 2.23. The number of ether oxygens (including phenoxy) is 1. The Morgan fingerprint density at radius 3 is 2.67 bits per heavy atom. The molecule has 1 heterocycles. The number of rotatable bonds is 1. The topological polar surface area (TPSA) is 26.3 Å². The van der Waals surface area contributed by atoms with Gasteiger partial charge >= 0.3 is 5.97 Å². The molecule has 0 bridgehead atoms. The van der Waals surface area contributed by atoms with Crippen LogP contribution in [0.1, 0.15) is 20.3 Å². The van der Waals surface area contributed by atoms with E-state index in [2.05, 4.69) is 6.92 Å². The van der Waals surface area contributed by atoms with Gasteiger partial charge in [0, 0.05) is 5.92 Å². The van der Waals surface area contributed by atoms with Gasteiger partial charge in [0.2, 0.25) is 0 Å². The van der Waals surface area contributed by atoms with Crippen molar-refractivity contribution in [3.63, 3.8) is 0 Å². The summed E-state index contributed by atoms with van der Waals surface area (Å²) >= 11 is 0. The molecule has 1 rings (SSSR count). The summed E-state index contributed by atoms with van der Waals surface area (Å²) in [4.78, 5) is 10.7. The summed E-state index contributed by atoms with van der Waals surface area (Å²) in [5, 5.41) is 0. The summed E-state index contributed by atoms with van der Waals surface area (Å²) < 4.78 is 4.83. The zero-order valence-electron chi connectivity index (χ0n) is 5.89. The Morgan fingerprint density at radius 1 is 1.78 bits per heavy atom. The molecule has 0 aromatic carbocycles. The molecule has 2 atom stereocenters. The Kier molecular flexibility index (Phi) is 1.74. The van der Waals surface area contributed by atoms with Crippen LogP contribution in [0.3, 0.4) is 0 Å². The zero-order chi connectivity index (χ0) is 6.85. The Bertz CT molecular complexity index is 120. The first kappa shape index (κ1) is 6.59. The van der Waals surface area contributed by atoms with E-state index in [1.807, 2.05) is 6.92 Å². The first-order chi connectivity index (χ1) is 4.25. The van der Waals surface area contributed by atoms with Gasteiger partial charge in [-0.15, -0.1) is 0 Å². The lowest BCUT2D eigenvalue weighted by molar-refractivity contribution is -0.140. The average Bonchev–Trinajstić information content (AvgIpc) is 2.15. The van der Waals surface area contributed by atoms with Gasteiger partial charge in [-0.25, -0.2) is 0 Å². The molecule has 9 heavy (non-hydrogen) atoms. The van der Waals surface area contributed by atoms with Gasteiger partial charge in [-0.1, -0.05) is 13.8 Å². The second-order valence-electron chi connectivity index (χ2n) is 2.59. The third-order valence-electron chi connectivity index (χ3n) is 2.04. The number of hydrogen-bond acceptors (Lipinski definition) is 2. The summed E-state index contributed by atoms with van der Waals surface area (Å²) in [7, 11) is 0. The molecule has 1 aliphatic rings. The van der Waals surface area contributed by atoms with Crippen molar-refractivity contribution in [3.05, 3.63) is 0 Å². The fraction of sp³-hybridized carbons (Fsp3) is 0.857. The number of hydrogen-bond donors (Lipinski definition) is 0. The number of cyclic esters (lactones) is 1. The van der Waals surface area contributed by atoms with Gasteiger partial charge in [0.25, 0.3) is 0 Å². The van der Waals surface area contributed by atoms with Crippen molar-refractivity contribution in [1.82, 2.24) is 0 Å². The monoisotopic (exact) mass is 128 g/mol. The smallest absolute Gasteiger partial charge is 0.309 e. The number of carbonyl (C=O) groups is 1. The highest BCUT2D eigenvalue weighted by atomic mass is 16.5. The molecule has 2 heteroatoms. The van der Waals surface area contributed by atoms with Crippen molar-refractivity contribution in [2.24, 2.45) is 11.8 Å². The van der Waals surface area contributed by atoms with E-state index in [9.17, 15) is 4.79 Å². The normalized spacial score (nSPS) is 34.7. The molecule has 0 aliphatic carbocycles. The quantitative estimate of drug-likeness (QED) is 0.496. The van der Waals surface area contributed by atoms with E-state index in [0.29, 0.717) is 12.5 Å². The second kappa shape index (κ2) is 2.38. The van der Waals surface area contributed by atoms with Gasteiger partial charge in [-0.05, 0) is 6.42 Å². The Balaban J connectivity index is 2.51. The maximum absolute atomic E-state index is 10.7. The lowest BCUT2D eigenvalue weighted by Gasteiger charge is -2.04. The first-order valence-corrected chi connectivity index (χ1v) is 3.42. The van der Waals surface area contributed by atoms with Crippen LogP contribution in [0.15, 0.2) is 0 Å². The van der Waals surface area contributed by atoms with Gasteiger partial charge in [0.1, 0.15) is 0 Å². The molecule has 1 saturated heterocycles. The van der Waals surface area contributed by atoms with Gasteiger partial charge in [0.05, 0.1) is 12.5 Å². The van der Waals surface area contributed by atoms with Crippen molar-refractivity contribution in [2.75, 3.05) is 6.61 Å². The molecule has 0 aromatic rings. The van der Waals surface area contributed by atoms with Gasteiger partial charge < -0.3 is 4.74 Å². The van der Waals surface area contributed by atoms with Crippen molar-refractivity contribution in [3.8, 4) is 0 Å². The predicted octanol–water partition coefficient (Wildman–Crippen LogP) is 1.21. The van der Waals surface area contributed by atoms with E-state index in [-0.39, 0.29) is 11.9 Å². The van der Waals surface area contributed by atoms with Crippen molar-refractivity contribution in [1.29, 1.82) is 0 Å². The second-order valence-corrected chi connectivity index (χ2v) is 2.59. The molecular formula is C7H12O2. The predicted molar refractivity (Wildman–Crippen MR) is 33.9 cm³/mol. The highest BCUT2D eigenvalue weighted by Gasteiger charge is 2.31. The number of esters is 1. The molecular weight excluding hydrogens is 116 g/mol. The third-order valence-corrected chi connectivity index (χ3v) is 2.04. The van der Waals surface area contributed by atoms with Crippen LogP contribution in [-0.2, 0) is 9.53 Å². The Hall–Kier alpha value is -0.530. The first-order valence-electron chi connectivity index (χ1n) is 3.42. The molecule has 1 fully saturated rings. The van der Waals surface area contributed by atoms with Crippen LogP contribution in [0.25, 0.3) is 0 Å². The van der Waals surface area contributed by atoms with Crippen molar-refractivity contribution in [2.45, 2.75) is 20.3 Å². The summed E-state index contributed by atoms with van der Waals surface area (Å²) in [6.07, 6.45) is 1.05. The van der Waals surface area contributed by atoms with Crippen LogP contribution < -0.4 is 0 Å². The summed E-state index contributed by atoms with van der Waals surface area (Å²) in [5.74, 6) is 0.578. The lowest BCUT2D eigenvalue weighted by Crippen LogP contribution is -2.10. The summed E-state index contributed by atoms with van der Waals surface area (Å²) in [6.45, 7) is 4.66. The van der Waals surface area contributed by atoms with Crippen LogP contribution in [0.5, 0.6) is 0 Å². The van der Waals surface area contributed by atoms with Crippen LogP contribution >= 0.6 is 0 Å². The average molecular weight is 128 g/mol. The van der Waals surface area contributed by atoms with Crippen LogP contribution in [0, 0.1) is 11.8 Å². The Morgan fingerprint density at radius 2 is 2.44 bits per heavy atom. The van der Waals surface area contributed by atoms with Gasteiger partial charge in [-0.3, -0.25) is 4.79 Å². The van der Waals surface area contributed by atoms with E-state index in [0.717, 1.165) is 6.42 Å². The fourth-order valence-electron chi connectivity index (χ4n) is 1.13. The molecule has 0 N–H and O–H groups in total. The highest BCUT2D eigenvalue weighted by molar-refractivity contribution is 5.74. The summed E-state index contributed by atoms with van der Waals surface area (Å²) in [5.41, 5.74) is 0. The van der Waals surface area contributed by atoms with Crippen LogP contribution in [-0.4, -0.2) is 12.6 Å². The van der Waals surface area contributed by atoms with E-state index in [1.54, 1.807) is 0 Å². The van der Waals surface area contributed by atoms with Gasteiger partial charge in [-0.2, -0.15) is 0 Å². The standard InChI is InChI=1S/C7H12O2/c1-3-6-4-9-7(8)5(6)2/h5-6H,3-4H2,1-2H3/t5-,6+/m0/s1. The maximum atomic E-state index is 10.7. The lowest BCUT2D eigenvalue weighted by atomic mass is 9.95. The zero-order valence-corrected chi connectivity index (χ0v) is 5.89. The minimum atomic E-state index is -0.0261.